The molecule has 4 rings (SSSR count). The molecule has 0 N–H and O–H groups in total. The molecule has 1 aliphatic heterocycles. The highest BCUT2D eigenvalue weighted by atomic mass is 16.1. The van der Waals surface area contributed by atoms with Gasteiger partial charge in [0.2, 0.25) is 5.95 Å². The van der Waals surface area contributed by atoms with E-state index in [1.54, 1.807) is 23.0 Å². The van der Waals surface area contributed by atoms with Crippen LogP contribution < -0.4 is 10.5 Å². The Labute approximate surface area is 203 Å². The topological polar surface area (TPSA) is 54.3 Å². The fraction of sp³-hybridized carbons (Fsp3) is 0.464. The minimum Gasteiger partial charge on any atom is -0.342 e. The number of aromatic nitrogens is 3. The van der Waals surface area contributed by atoms with Crippen LogP contribution >= 0.6 is 0 Å². The SMILES string of the molecule is CCCCN(C)CC1=CCC=CC=C1C1CCCN(c2nc(-c3ccncc3)cc(=O)n2C)C1. The fourth-order valence-electron chi connectivity index (χ4n) is 4.93. The standard InChI is InChI=1S/C28H37N5O/c1-4-5-17-31(2)20-23-10-7-6-8-12-25(23)24-11-9-18-33(21-24)28-30-26(19-27(34)32(28)3)22-13-15-29-16-14-22/h6,8,10,12-16,19,24H,4-5,7,9,11,17-18,20-21H2,1-3H3. The van der Waals surface area contributed by atoms with Crippen LogP contribution in [0.2, 0.25) is 0 Å². The second-order valence-electron chi connectivity index (χ2n) is 9.47. The monoisotopic (exact) mass is 459 g/mol. The molecule has 2 aromatic heterocycles. The lowest BCUT2D eigenvalue weighted by Gasteiger charge is -2.36. The summed E-state index contributed by atoms with van der Waals surface area (Å²) in [6, 6.07) is 5.42. The van der Waals surface area contributed by atoms with E-state index in [0.29, 0.717) is 11.6 Å². The Morgan fingerprint density at radius 2 is 2.06 bits per heavy atom. The molecule has 0 spiro atoms. The minimum absolute atomic E-state index is 0.0336. The maximum Gasteiger partial charge on any atom is 0.255 e. The lowest BCUT2D eigenvalue weighted by molar-refractivity contribution is 0.351. The van der Waals surface area contributed by atoms with Crippen molar-refractivity contribution in [3.8, 4) is 11.3 Å². The zero-order valence-corrected chi connectivity index (χ0v) is 20.8. The molecule has 2 aliphatic rings. The third-order valence-electron chi connectivity index (χ3n) is 6.85. The number of anilines is 1. The van der Waals surface area contributed by atoms with Gasteiger partial charge in [-0.3, -0.25) is 14.3 Å². The molecule has 1 aliphatic carbocycles. The molecule has 0 aromatic carbocycles. The van der Waals surface area contributed by atoms with Gasteiger partial charge in [0.1, 0.15) is 0 Å². The number of likely N-dealkylation sites (N-methyl/N-ethyl adjacent to an activating group) is 1. The largest absolute Gasteiger partial charge is 0.342 e. The molecule has 34 heavy (non-hydrogen) atoms. The molecule has 2 aromatic rings. The van der Waals surface area contributed by atoms with Crippen LogP contribution in [0.15, 0.2) is 70.8 Å². The molecule has 3 heterocycles. The van der Waals surface area contributed by atoms with Gasteiger partial charge in [0, 0.05) is 56.6 Å². The Morgan fingerprint density at radius 1 is 1.24 bits per heavy atom. The highest BCUT2D eigenvalue weighted by Gasteiger charge is 2.27. The summed E-state index contributed by atoms with van der Waals surface area (Å²) in [5.74, 6) is 1.17. The van der Waals surface area contributed by atoms with E-state index in [9.17, 15) is 4.79 Å². The van der Waals surface area contributed by atoms with Crippen molar-refractivity contribution in [2.24, 2.45) is 13.0 Å². The first-order valence-corrected chi connectivity index (χ1v) is 12.5. The number of piperidine rings is 1. The van der Waals surface area contributed by atoms with Gasteiger partial charge in [-0.05, 0) is 62.6 Å². The Bertz CT molecular complexity index is 1120. The van der Waals surface area contributed by atoms with E-state index in [2.05, 4.69) is 53.1 Å². The van der Waals surface area contributed by atoms with Gasteiger partial charge in [-0.1, -0.05) is 37.6 Å². The minimum atomic E-state index is -0.0336. The molecule has 0 amide bonds. The second-order valence-corrected chi connectivity index (χ2v) is 9.47. The summed E-state index contributed by atoms with van der Waals surface area (Å²) in [6.07, 6.45) is 18.3. The number of rotatable bonds is 8. The number of unbranched alkanes of at least 4 members (excludes halogenated alkanes) is 1. The van der Waals surface area contributed by atoms with Crippen LogP contribution in [0.25, 0.3) is 11.3 Å². The summed E-state index contributed by atoms with van der Waals surface area (Å²) in [4.78, 5) is 26.6. The summed E-state index contributed by atoms with van der Waals surface area (Å²) in [7, 11) is 4.05. The van der Waals surface area contributed by atoms with E-state index in [-0.39, 0.29) is 5.56 Å². The first-order valence-electron chi connectivity index (χ1n) is 12.5. The summed E-state index contributed by atoms with van der Waals surface area (Å²) in [5, 5.41) is 0. The molecule has 0 radical (unpaired) electrons. The van der Waals surface area contributed by atoms with Crippen molar-refractivity contribution in [2.75, 3.05) is 38.1 Å². The van der Waals surface area contributed by atoms with Crippen LogP contribution in [0.4, 0.5) is 5.95 Å². The number of hydrogen-bond acceptors (Lipinski definition) is 5. The van der Waals surface area contributed by atoms with Crippen molar-refractivity contribution >= 4 is 5.95 Å². The molecule has 180 valence electrons. The van der Waals surface area contributed by atoms with Gasteiger partial charge >= 0.3 is 0 Å². The van der Waals surface area contributed by atoms with E-state index >= 15 is 0 Å². The van der Waals surface area contributed by atoms with Crippen molar-refractivity contribution in [3.05, 3.63) is 76.4 Å². The second kappa shape index (κ2) is 11.4. The van der Waals surface area contributed by atoms with Crippen LogP contribution in [0, 0.1) is 5.92 Å². The lowest BCUT2D eigenvalue weighted by Crippen LogP contribution is -2.40. The number of allylic oxidation sites excluding steroid dienone is 4. The summed E-state index contributed by atoms with van der Waals surface area (Å²) < 4.78 is 1.68. The smallest absolute Gasteiger partial charge is 0.255 e. The average Bonchev–Trinajstić information content (AvgIpc) is 3.10. The first-order chi connectivity index (χ1) is 16.6. The third-order valence-corrected chi connectivity index (χ3v) is 6.85. The maximum atomic E-state index is 12.8. The summed E-state index contributed by atoms with van der Waals surface area (Å²) in [6.45, 7) is 6.14. The summed E-state index contributed by atoms with van der Waals surface area (Å²) in [5.41, 5.74) is 4.48. The van der Waals surface area contributed by atoms with Gasteiger partial charge in [-0.15, -0.1) is 0 Å². The molecule has 1 fully saturated rings. The quantitative estimate of drug-likeness (QED) is 0.577. The lowest BCUT2D eigenvalue weighted by atomic mass is 9.85. The Hall–Kier alpha value is -2.99. The van der Waals surface area contributed by atoms with Crippen molar-refractivity contribution in [1.82, 2.24) is 19.4 Å². The Kier molecular flexibility index (Phi) is 8.12. The van der Waals surface area contributed by atoms with Crippen molar-refractivity contribution in [2.45, 2.75) is 39.0 Å². The summed E-state index contributed by atoms with van der Waals surface area (Å²) >= 11 is 0. The molecule has 0 bridgehead atoms. The van der Waals surface area contributed by atoms with Crippen LogP contribution in [0.5, 0.6) is 0 Å². The normalized spacial score (nSPS) is 18.6. The highest BCUT2D eigenvalue weighted by molar-refractivity contribution is 5.59. The van der Waals surface area contributed by atoms with E-state index in [1.807, 2.05) is 19.2 Å². The van der Waals surface area contributed by atoms with Crippen molar-refractivity contribution in [1.29, 1.82) is 0 Å². The number of nitrogens with zero attached hydrogens (tertiary/aromatic N) is 5. The van der Waals surface area contributed by atoms with Gasteiger partial charge in [-0.25, -0.2) is 4.98 Å². The van der Waals surface area contributed by atoms with E-state index in [4.69, 9.17) is 4.98 Å². The van der Waals surface area contributed by atoms with Gasteiger partial charge in [0.05, 0.1) is 5.69 Å². The molecular formula is C28H37N5O. The molecule has 0 saturated carbocycles. The fourth-order valence-corrected chi connectivity index (χ4v) is 4.93. The van der Waals surface area contributed by atoms with Crippen molar-refractivity contribution < 1.29 is 0 Å². The molecule has 1 saturated heterocycles. The van der Waals surface area contributed by atoms with Crippen LogP contribution in [0.1, 0.15) is 39.0 Å². The average molecular weight is 460 g/mol. The van der Waals surface area contributed by atoms with E-state index in [0.717, 1.165) is 57.0 Å². The van der Waals surface area contributed by atoms with Crippen LogP contribution in [-0.2, 0) is 7.05 Å². The highest BCUT2D eigenvalue weighted by Crippen LogP contribution is 2.32. The Morgan fingerprint density at radius 3 is 2.85 bits per heavy atom. The predicted octanol–water partition coefficient (Wildman–Crippen LogP) is 4.60. The molecule has 6 nitrogen and oxygen atoms in total. The van der Waals surface area contributed by atoms with E-state index in [1.165, 1.54) is 24.0 Å². The molecule has 6 heteroatoms. The van der Waals surface area contributed by atoms with Crippen LogP contribution in [0.3, 0.4) is 0 Å². The van der Waals surface area contributed by atoms with Gasteiger partial charge in [0.25, 0.3) is 5.56 Å². The third kappa shape index (κ3) is 5.73. The van der Waals surface area contributed by atoms with Crippen LogP contribution in [-0.4, -0.2) is 52.7 Å². The molecule has 1 unspecified atom stereocenters. The first kappa shape index (κ1) is 24.1. The maximum absolute atomic E-state index is 12.8. The van der Waals surface area contributed by atoms with Gasteiger partial charge in [0.15, 0.2) is 0 Å². The van der Waals surface area contributed by atoms with Gasteiger partial charge in [-0.2, -0.15) is 0 Å². The van der Waals surface area contributed by atoms with E-state index < -0.39 is 0 Å². The van der Waals surface area contributed by atoms with Crippen molar-refractivity contribution in [3.63, 3.8) is 0 Å². The predicted molar refractivity (Wildman–Crippen MR) is 140 cm³/mol. The zero-order chi connectivity index (χ0) is 23.9. The molecule has 1 atom stereocenters. The van der Waals surface area contributed by atoms with Gasteiger partial charge < -0.3 is 9.80 Å². The Balaban J connectivity index is 1.58. The number of hydrogen-bond donors (Lipinski definition) is 0. The number of pyridine rings is 1. The molecular weight excluding hydrogens is 422 g/mol. The zero-order valence-electron chi connectivity index (χ0n) is 20.8.